The summed E-state index contributed by atoms with van der Waals surface area (Å²) in [6.07, 6.45) is 4.72. The van der Waals surface area contributed by atoms with Gasteiger partial charge in [-0.15, -0.1) is 0 Å². The highest BCUT2D eigenvalue weighted by Gasteiger charge is 2.26. The van der Waals surface area contributed by atoms with E-state index in [1.54, 1.807) is 6.92 Å². The van der Waals surface area contributed by atoms with Gasteiger partial charge < -0.3 is 5.11 Å². The van der Waals surface area contributed by atoms with E-state index in [2.05, 4.69) is 20.1 Å². The molecule has 2 atom stereocenters. The van der Waals surface area contributed by atoms with Gasteiger partial charge in [-0.25, -0.2) is 24.0 Å². The van der Waals surface area contributed by atoms with Crippen LogP contribution in [-0.2, 0) is 0 Å². The quantitative estimate of drug-likeness (QED) is 0.841. The molecule has 0 bridgehead atoms. The van der Waals surface area contributed by atoms with Gasteiger partial charge in [0.2, 0.25) is 0 Å². The van der Waals surface area contributed by atoms with E-state index in [9.17, 15) is 9.50 Å². The van der Waals surface area contributed by atoms with Crippen LogP contribution < -0.4 is 0 Å². The molecule has 2 rings (SSSR count). The number of hydrogen-bond donors (Lipinski definition) is 1. The monoisotopic (exact) mass is 237 g/mol. The van der Waals surface area contributed by atoms with E-state index >= 15 is 0 Å². The first kappa shape index (κ1) is 11.6. The largest absolute Gasteiger partial charge is 0.390 e. The second-order valence-corrected chi connectivity index (χ2v) is 3.55. The molecule has 2 aromatic heterocycles. The second-order valence-electron chi connectivity index (χ2n) is 3.55. The van der Waals surface area contributed by atoms with Gasteiger partial charge >= 0.3 is 0 Å². The van der Waals surface area contributed by atoms with Gasteiger partial charge in [-0.05, 0) is 6.42 Å². The van der Waals surface area contributed by atoms with E-state index in [1.807, 2.05) is 0 Å². The Bertz CT molecular complexity index is 475. The van der Waals surface area contributed by atoms with Crippen molar-refractivity contribution in [2.75, 3.05) is 0 Å². The summed E-state index contributed by atoms with van der Waals surface area (Å²) >= 11 is 0. The predicted octanol–water partition coefficient (Wildman–Crippen LogP) is 0.567. The number of halogens is 1. The lowest BCUT2D eigenvalue weighted by Crippen LogP contribution is -2.27. The normalized spacial score (nSPS) is 14.5. The van der Waals surface area contributed by atoms with E-state index in [0.717, 1.165) is 6.20 Å². The molecule has 1 N–H and O–H groups in total. The number of aliphatic hydroxyl groups excluding tert-OH is 1. The van der Waals surface area contributed by atoms with Gasteiger partial charge in [-0.1, -0.05) is 6.92 Å². The average Bonchev–Trinajstić information content (AvgIpc) is 2.85. The SMILES string of the molecule is CCC(O)C(c1ncncc1F)n1cncn1. The highest BCUT2D eigenvalue weighted by Crippen LogP contribution is 2.22. The molecule has 0 aliphatic rings. The lowest BCUT2D eigenvalue weighted by molar-refractivity contribution is 0.116. The summed E-state index contributed by atoms with van der Waals surface area (Å²) in [5.41, 5.74) is 0.111. The number of nitrogens with zero attached hydrogens (tertiary/aromatic N) is 5. The first-order valence-corrected chi connectivity index (χ1v) is 5.21. The maximum absolute atomic E-state index is 13.6. The molecule has 0 saturated heterocycles. The fourth-order valence-electron chi connectivity index (χ4n) is 1.61. The molecule has 0 fully saturated rings. The van der Waals surface area contributed by atoms with Gasteiger partial charge in [-0.2, -0.15) is 5.10 Å². The van der Waals surface area contributed by atoms with Crippen LogP contribution in [0.1, 0.15) is 25.1 Å². The Hall–Kier alpha value is -1.89. The van der Waals surface area contributed by atoms with Gasteiger partial charge in [0, 0.05) is 0 Å². The summed E-state index contributed by atoms with van der Waals surface area (Å²) in [5.74, 6) is -0.569. The molecule has 6 nitrogen and oxygen atoms in total. The Kier molecular flexibility index (Phi) is 3.38. The molecule has 2 heterocycles. The Balaban J connectivity index is 2.44. The highest BCUT2D eigenvalue weighted by molar-refractivity contribution is 5.10. The van der Waals surface area contributed by atoms with Crippen LogP contribution in [0.3, 0.4) is 0 Å². The Morgan fingerprint density at radius 3 is 2.82 bits per heavy atom. The predicted molar refractivity (Wildman–Crippen MR) is 56.4 cm³/mol. The summed E-state index contributed by atoms with van der Waals surface area (Å²) in [6, 6.07) is -0.689. The van der Waals surface area contributed by atoms with Crippen molar-refractivity contribution in [3.8, 4) is 0 Å². The van der Waals surface area contributed by atoms with Crippen LogP contribution in [0, 0.1) is 5.82 Å². The molecule has 0 aromatic carbocycles. The van der Waals surface area contributed by atoms with E-state index < -0.39 is 18.0 Å². The van der Waals surface area contributed by atoms with Crippen LogP contribution in [0.15, 0.2) is 25.2 Å². The second kappa shape index (κ2) is 4.96. The van der Waals surface area contributed by atoms with Crippen LogP contribution in [0.4, 0.5) is 4.39 Å². The number of rotatable bonds is 4. The topological polar surface area (TPSA) is 76.7 Å². The van der Waals surface area contributed by atoms with Crippen molar-refractivity contribution in [3.63, 3.8) is 0 Å². The summed E-state index contributed by atoms with van der Waals surface area (Å²) in [6.45, 7) is 1.80. The third-order valence-corrected chi connectivity index (χ3v) is 2.48. The molecule has 0 aliphatic heterocycles. The molecular weight excluding hydrogens is 225 g/mol. The third kappa shape index (κ3) is 2.28. The molecule has 90 valence electrons. The lowest BCUT2D eigenvalue weighted by atomic mass is 10.1. The standard InChI is InChI=1S/C10H12FN5O/c1-2-8(17)10(16-6-13-5-15-16)9-7(11)3-12-4-14-9/h3-6,8,10,17H,2H2,1H3. The fraction of sp³-hybridized carbons (Fsp3) is 0.400. The first-order chi connectivity index (χ1) is 8.24. The van der Waals surface area contributed by atoms with Gasteiger partial charge in [-0.3, -0.25) is 0 Å². The molecule has 0 aliphatic carbocycles. The van der Waals surface area contributed by atoms with Gasteiger partial charge in [0.05, 0.1) is 12.3 Å². The lowest BCUT2D eigenvalue weighted by Gasteiger charge is -2.21. The molecule has 0 amide bonds. The smallest absolute Gasteiger partial charge is 0.165 e. The molecule has 0 radical (unpaired) electrons. The Morgan fingerprint density at radius 2 is 2.24 bits per heavy atom. The average molecular weight is 237 g/mol. The minimum atomic E-state index is -0.791. The van der Waals surface area contributed by atoms with Crippen molar-refractivity contribution >= 4 is 0 Å². The fourth-order valence-corrected chi connectivity index (χ4v) is 1.61. The van der Waals surface area contributed by atoms with Crippen molar-refractivity contribution in [2.24, 2.45) is 0 Å². The van der Waals surface area contributed by atoms with Crippen LogP contribution in [-0.4, -0.2) is 35.9 Å². The number of aliphatic hydroxyl groups is 1. The van der Waals surface area contributed by atoms with E-state index in [1.165, 1.54) is 23.7 Å². The van der Waals surface area contributed by atoms with Gasteiger partial charge in [0.25, 0.3) is 0 Å². The minimum absolute atomic E-state index is 0.111. The number of hydrogen-bond acceptors (Lipinski definition) is 5. The van der Waals surface area contributed by atoms with Crippen LogP contribution >= 0.6 is 0 Å². The molecule has 0 saturated carbocycles. The van der Waals surface area contributed by atoms with Crippen molar-refractivity contribution in [2.45, 2.75) is 25.5 Å². The van der Waals surface area contributed by atoms with Crippen molar-refractivity contribution < 1.29 is 9.50 Å². The molecule has 7 heteroatoms. The van der Waals surface area contributed by atoms with Crippen molar-refractivity contribution in [3.05, 3.63) is 36.7 Å². The van der Waals surface area contributed by atoms with Crippen molar-refractivity contribution in [1.82, 2.24) is 24.7 Å². The van der Waals surface area contributed by atoms with E-state index in [0.29, 0.717) is 6.42 Å². The first-order valence-electron chi connectivity index (χ1n) is 5.21. The maximum atomic E-state index is 13.6. The van der Waals surface area contributed by atoms with E-state index in [4.69, 9.17) is 0 Å². The van der Waals surface area contributed by atoms with Gasteiger partial charge in [0.15, 0.2) is 5.82 Å². The molecular formula is C10H12FN5O. The highest BCUT2D eigenvalue weighted by atomic mass is 19.1. The molecule has 2 aromatic rings. The maximum Gasteiger partial charge on any atom is 0.165 e. The molecule has 2 unspecified atom stereocenters. The van der Waals surface area contributed by atoms with Crippen LogP contribution in [0.5, 0.6) is 0 Å². The molecule has 17 heavy (non-hydrogen) atoms. The third-order valence-electron chi connectivity index (χ3n) is 2.48. The van der Waals surface area contributed by atoms with Crippen LogP contribution in [0.25, 0.3) is 0 Å². The summed E-state index contributed by atoms with van der Waals surface area (Å²) in [4.78, 5) is 11.2. The minimum Gasteiger partial charge on any atom is -0.390 e. The summed E-state index contributed by atoms with van der Waals surface area (Å²) in [5, 5.41) is 13.9. The molecule has 0 spiro atoms. The summed E-state index contributed by atoms with van der Waals surface area (Å²) < 4.78 is 15.0. The summed E-state index contributed by atoms with van der Waals surface area (Å²) in [7, 11) is 0. The van der Waals surface area contributed by atoms with E-state index in [-0.39, 0.29) is 5.69 Å². The Morgan fingerprint density at radius 1 is 1.41 bits per heavy atom. The zero-order valence-corrected chi connectivity index (χ0v) is 9.23. The van der Waals surface area contributed by atoms with Crippen molar-refractivity contribution in [1.29, 1.82) is 0 Å². The zero-order chi connectivity index (χ0) is 12.3. The zero-order valence-electron chi connectivity index (χ0n) is 9.23. The van der Waals surface area contributed by atoms with Crippen LogP contribution in [0.2, 0.25) is 0 Å². The Labute approximate surface area is 97.2 Å². The number of aromatic nitrogens is 5. The van der Waals surface area contributed by atoms with Gasteiger partial charge in [0.1, 0.15) is 30.7 Å².